The minimum Gasteiger partial charge on any atom is -0.493 e. The molecule has 25 heavy (non-hydrogen) atoms. The number of halogens is 2. The summed E-state index contributed by atoms with van der Waals surface area (Å²) in [7, 11) is 0. The summed E-state index contributed by atoms with van der Waals surface area (Å²) in [6.07, 6.45) is 0.680. The van der Waals surface area contributed by atoms with Crippen molar-refractivity contribution in [1.29, 1.82) is 0 Å². The molecule has 1 aliphatic rings. The lowest BCUT2D eigenvalue weighted by molar-refractivity contribution is -0.121. The molecule has 2 aromatic carbocycles. The smallest absolute Gasteiger partial charge is 0.253 e. The topological polar surface area (TPSA) is 67.4 Å². The van der Waals surface area contributed by atoms with Gasteiger partial charge in [0.15, 0.2) is 0 Å². The Morgan fingerprint density at radius 1 is 1.16 bits per heavy atom. The van der Waals surface area contributed by atoms with Crippen LogP contribution in [0.15, 0.2) is 42.5 Å². The number of nitrogens with one attached hydrogen (secondary N) is 2. The molecule has 2 N–H and O–H groups in total. The zero-order valence-electron chi connectivity index (χ0n) is 13.2. The summed E-state index contributed by atoms with van der Waals surface area (Å²) in [6, 6.07) is 12.0. The van der Waals surface area contributed by atoms with Crippen molar-refractivity contribution in [2.75, 3.05) is 13.2 Å². The Hall–Kier alpha value is -2.24. The molecule has 1 atom stereocenters. The largest absolute Gasteiger partial charge is 0.493 e. The van der Waals surface area contributed by atoms with E-state index in [1.54, 1.807) is 6.07 Å². The monoisotopic (exact) mass is 378 g/mol. The van der Waals surface area contributed by atoms with Crippen LogP contribution in [0, 0.1) is 0 Å². The summed E-state index contributed by atoms with van der Waals surface area (Å²) in [5, 5.41) is 6.16. The Morgan fingerprint density at radius 3 is 2.76 bits per heavy atom. The minimum atomic E-state index is -0.427. The standard InChI is InChI=1S/C18H16Cl2N2O3/c19-11-5-6-12(14(20)9-11)18(24)21-10-17(23)22-15-7-8-25-16-4-2-1-3-13(15)16/h1-6,9,15H,7-8,10H2,(H,21,24)(H,22,23). The second kappa shape index (κ2) is 7.76. The molecule has 0 spiro atoms. The average molecular weight is 379 g/mol. The normalized spacial score (nSPS) is 15.7. The number of para-hydroxylation sites is 1. The molecule has 0 saturated carbocycles. The van der Waals surface area contributed by atoms with Gasteiger partial charge in [0.1, 0.15) is 5.75 Å². The zero-order chi connectivity index (χ0) is 17.8. The molecule has 1 unspecified atom stereocenters. The lowest BCUT2D eigenvalue weighted by Crippen LogP contribution is -2.40. The highest BCUT2D eigenvalue weighted by Gasteiger charge is 2.22. The number of carbonyl (C=O) groups is 2. The number of benzene rings is 2. The predicted molar refractivity (Wildman–Crippen MR) is 96.2 cm³/mol. The molecular formula is C18H16Cl2N2O3. The van der Waals surface area contributed by atoms with Crippen LogP contribution in [-0.4, -0.2) is 25.0 Å². The molecule has 7 heteroatoms. The van der Waals surface area contributed by atoms with Crippen LogP contribution in [0.4, 0.5) is 0 Å². The summed E-state index contributed by atoms with van der Waals surface area (Å²) in [5.41, 5.74) is 1.21. The van der Waals surface area contributed by atoms with Crippen LogP contribution in [0.5, 0.6) is 5.75 Å². The number of fused-ring (bicyclic) bond motifs is 1. The van der Waals surface area contributed by atoms with E-state index in [-0.39, 0.29) is 29.1 Å². The molecule has 0 radical (unpaired) electrons. The molecule has 0 fully saturated rings. The molecule has 3 rings (SSSR count). The highest BCUT2D eigenvalue weighted by Crippen LogP contribution is 2.31. The van der Waals surface area contributed by atoms with E-state index in [0.717, 1.165) is 11.3 Å². The third kappa shape index (κ3) is 4.24. The summed E-state index contributed by atoms with van der Waals surface area (Å²) >= 11 is 11.8. The fourth-order valence-corrected chi connectivity index (χ4v) is 3.16. The van der Waals surface area contributed by atoms with Crippen molar-refractivity contribution in [3.8, 4) is 5.75 Å². The van der Waals surface area contributed by atoms with E-state index in [1.807, 2.05) is 24.3 Å². The lowest BCUT2D eigenvalue weighted by Gasteiger charge is -2.26. The van der Waals surface area contributed by atoms with Crippen molar-refractivity contribution in [1.82, 2.24) is 10.6 Å². The fraction of sp³-hybridized carbons (Fsp3) is 0.222. The van der Waals surface area contributed by atoms with Gasteiger partial charge < -0.3 is 15.4 Å². The number of carbonyl (C=O) groups excluding carboxylic acids is 2. The van der Waals surface area contributed by atoms with Crippen LogP contribution in [0.3, 0.4) is 0 Å². The maximum atomic E-state index is 12.2. The molecule has 0 aliphatic carbocycles. The quantitative estimate of drug-likeness (QED) is 0.856. The first-order valence-electron chi connectivity index (χ1n) is 7.79. The van der Waals surface area contributed by atoms with E-state index in [0.29, 0.717) is 18.1 Å². The van der Waals surface area contributed by atoms with Gasteiger partial charge in [0.05, 0.1) is 29.8 Å². The fourth-order valence-electron chi connectivity index (χ4n) is 2.67. The zero-order valence-corrected chi connectivity index (χ0v) is 14.7. The number of rotatable bonds is 4. The van der Waals surface area contributed by atoms with E-state index in [9.17, 15) is 9.59 Å². The Morgan fingerprint density at radius 2 is 1.96 bits per heavy atom. The van der Waals surface area contributed by atoms with Crippen LogP contribution < -0.4 is 15.4 Å². The Kier molecular flexibility index (Phi) is 5.46. The molecule has 0 saturated heterocycles. The molecule has 5 nitrogen and oxygen atoms in total. The van der Waals surface area contributed by atoms with Crippen molar-refractivity contribution in [3.63, 3.8) is 0 Å². The van der Waals surface area contributed by atoms with Gasteiger partial charge in [0.2, 0.25) is 5.91 Å². The van der Waals surface area contributed by atoms with Gasteiger partial charge in [-0.15, -0.1) is 0 Å². The average Bonchev–Trinajstić information content (AvgIpc) is 2.60. The number of ether oxygens (including phenoxy) is 1. The second-order valence-corrected chi connectivity index (χ2v) is 6.45. The van der Waals surface area contributed by atoms with Crippen molar-refractivity contribution in [3.05, 3.63) is 63.6 Å². The Bertz CT molecular complexity index is 811. The SMILES string of the molecule is O=C(CNC(=O)c1ccc(Cl)cc1Cl)NC1CCOc2ccccc21. The first-order valence-corrected chi connectivity index (χ1v) is 8.54. The molecule has 0 aromatic heterocycles. The van der Waals surface area contributed by atoms with Crippen molar-refractivity contribution >= 4 is 35.0 Å². The second-order valence-electron chi connectivity index (χ2n) is 5.60. The summed E-state index contributed by atoms with van der Waals surface area (Å²) in [6.45, 7) is 0.395. The molecule has 1 aliphatic heterocycles. The summed E-state index contributed by atoms with van der Waals surface area (Å²) in [4.78, 5) is 24.3. The van der Waals surface area contributed by atoms with Gasteiger partial charge in [-0.05, 0) is 24.3 Å². The molecule has 2 amide bonds. The lowest BCUT2D eigenvalue weighted by atomic mass is 10.0. The number of hydrogen-bond donors (Lipinski definition) is 2. The van der Waals surface area contributed by atoms with Crippen LogP contribution in [0.1, 0.15) is 28.4 Å². The third-order valence-electron chi connectivity index (χ3n) is 3.88. The van der Waals surface area contributed by atoms with Gasteiger partial charge in [-0.1, -0.05) is 41.4 Å². The van der Waals surface area contributed by atoms with E-state index in [1.165, 1.54) is 12.1 Å². The highest BCUT2D eigenvalue weighted by molar-refractivity contribution is 6.36. The number of amides is 2. The summed E-state index contributed by atoms with van der Waals surface area (Å²) < 4.78 is 5.57. The van der Waals surface area contributed by atoms with E-state index >= 15 is 0 Å². The first kappa shape index (κ1) is 17.6. The van der Waals surface area contributed by atoms with Crippen LogP contribution in [0.2, 0.25) is 10.0 Å². The Balaban J connectivity index is 1.58. The van der Waals surface area contributed by atoms with Crippen molar-refractivity contribution in [2.45, 2.75) is 12.5 Å². The van der Waals surface area contributed by atoms with Crippen molar-refractivity contribution in [2.24, 2.45) is 0 Å². The molecule has 130 valence electrons. The van der Waals surface area contributed by atoms with Gasteiger partial charge in [-0.25, -0.2) is 0 Å². The molecule has 0 bridgehead atoms. The molecular weight excluding hydrogens is 363 g/mol. The van der Waals surface area contributed by atoms with Crippen LogP contribution in [0.25, 0.3) is 0 Å². The molecule has 2 aromatic rings. The van der Waals surface area contributed by atoms with Crippen LogP contribution >= 0.6 is 23.2 Å². The van der Waals surface area contributed by atoms with E-state index in [2.05, 4.69) is 10.6 Å². The van der Waals surface area contributed by atoms with Gasteiger partial charge in [0, 0.05) is 17.0 Å². The maximum absolute atomic E-state index is 12.2. The van der Waals surface area contributed by atoms with E-state index in [4.69, 9.17) is 27.9 Å². The van der Waals surface area contributed by atoms with Crippen molar-refractivity contribution < 1.29 is 14.3 Å². The third-order valence-corrected chi connectivity index (χ3v) is 4.43. The van der Waals surface area contributed by atoms with Gasteiger partial charge in [-0.3, -0.25) is 9.59 Å². The van der Waals surface area contributed by atoms with Gasteiger partial charge >= 0.3 is 0 Å². The summed E-state index contributed by atoms with van der Waals surface area (Å²) in [5.74, 6) is 0.0698. The van der Waals surface area contributed by atoms with E-state index < -0.39 is 5.91 Å². The van der Waals surface area contributed by atoms with Crippen LogP contribution in [-0.2, 0) is 4.79 Å². The van der Waals surface area contributed by atoms with Gasteiger partial charge in [-0.2, -0.15) is 0 Å². The first-order chi connectivity index (χ1) is 12.0. The highest BCUT2D eigenvalue weighted by atomic mass is 35.5. The maximum Gasteiger partial charge on any atom is 0.253 e. The minimum absolute atomic E-state index is 0.131. The Labute approximate surface area is 155 Å². The predicted octanol–water partition coefficient (Wildman–Crippen LogP) is 3.36. The molecule has 1 heterocycles. The van der Waals surface area contributed by atoms with Gasteiger partial charge in [0.25, 0.3) is 5.91 Å². The number of hydrogen-bond acceptors (Lipinski definition) is 3.